The van der Waals surface area contributed by atoms with Gasteiger partial charge in [-0.05, 0) is 24.1 Å². The van der Waals surface area contributed by atoms with Gasteiger partial charge >= 0.3 is 0 Å². The smallest absolute Gasteiger partial charge is 0.129 e. The highest BCUT2D eigenvalue weighted by Crippen LogP contribution is 2.25. The van der Waals surface area contributed by atoms with Gasteiger partial charge in [0.25, 0.3) is 0 Å². The average molecular weight is 236 g/mol. The van der Waals surface area contributed by atoms with E-state index in [4.69, 9.17) is 17.3 Å². The maximum atomic E-state index is 6.19. The van der Waals surface area contributed by atoms with Crippen LogP contribution >= 0.6 is 11.6 Å². The fourth-order valence-electron chi connectivity index (χ4n) is 1.78. The summed E-state index contributed by atoms with van der Waals surface area (Å²) in [6, 6.07) is 5.53. The molecule has 0 spiro atoms. The Morgan fingerprint density at radius 2 is 2.19 bits per heavy atom. The van der Waals surface area contributed by atoms with Crippen LogP contribution in [0.1, 0.15) is 23.0 Å². The third kappa shape index (κ3) is 1.84. The van der Waals surface area contributed by atoms with Gasteiger partial charge in [0.15, 0.2) is 0 Å². The summed E-state index contributed by atoms with van der Waals surface area (Å²) in [5.41, 5.74) is 8.22. The van der Waals surface area contributed by atoms with Crippen LogP contribution in [0.5, 0.6) is 0 Å². The van der Waals surface area contributed by atoms with Gasteiger partial charge in [0.05, 0.1) is 6.04 Å². The first-order chi connectivity index (χ1) is 7.61. The molecular weight excluding hydrogens is 222 g/mol. The third-order valence-electron chi connectivity index (χ3n) is 2.78. The molecule has 0 radical (unpaired) electrons. The molecule has 0 fully saturated rings. The predicted octanol–water partition coefficient (Wildman–Crippen LogP) is 2.43. The second-order valence-electron chi connectivity index (χ2n) is 3.83. The number of aryl methyl sites for hydroxylation is 1. The van der Waals surface area contributed by atoms with E-state index < -0.39 is 0 Å². The zero-order chi connectivity index (χ0) is 11.7. The van der Waals surface area contributed by atoms with Crippen molar-refractivity contribution in [3.8, 4) is 0 Å². The molecule has 2 N–H and O–H groups in total. The van der Waals surface area contributed by atoms with E-state index in [2.05, 4.69) is 4.98 Å². The molecule has 0 bridgehead atoms. The van der Waals surface area contributed by atoms with Gasteiger partial charge in [-0.1, -0.05) is 23.7 Å². The van der Waals surface area contributed by atoms with Gasteiger partial charge < -0.3 is 10.3 Å². The normalized spacial score (nSPS) is 12.8. The van der Waals surface area contributed by atoms with Crippen LogP contribution in [0.15, 0.2) is 30.6 Å². The molecular formula is C12H14ClN3. The molecule has 3 nitrogen and oxygen atoms in total. The fourth-order valence-corrected chi connectivity index (χ4v) is 1.96. The van der Waals surface area contributed by atoms with Crippen LogP contribution in [0.3, 0.4) is 0 Å². The Labute approximate surface area is 99.9 Å². The van der Waals surface area contributed by atoms with E-state index in [1.54, 1.807) is 6.20 Å². The molecule has 0 aliphatic heterocycles. The largest absolute Gasteiger partial charge is 0.336 e. The molecule has 0 aliphatic rings. The summed E-state index contributed by atoms with van der Waals surface area (Å²) < 4.78 is 1.92. The molecule has 1 aromatic carbocycles. The minimum absolute atomic E-state index is 0.237. The minimum Gasteiger partial charge on any atom is -0.336 e. The Balaban J connectivity index is 2.46. The topological polar surface area (TPSA) is 43.8 Å². The lowest BCUT2D eigenvalue weighted by atomic mass is 10.0. The number of halogens is 1. The van der Waals surface area contributed by atoms with Crippen LogP contribution in [0, 0.1) is 6.92 Å². The quantitative estimate of drug-likeness (QED) is 0.869. The van der Waals surface area contributed by atoms with Gasteiger partial charge in [-0.25, -0.2) is 4.98 Å². The van der Waals surface area contributed by atoms with Crippen molar-refractivity contribution in [2.45, 2.75) is 13.0 Å². The number of rotatable bonds is 2. The number of hydrogen-bond donors (Lipinski definition) is 1. The zero-order valence-corrected chi connectivity index (χ0v) is 10.1. The number of aromatic nitrogens is 2. The van der Waals surface area contributed by atoms with Crippen LogP contribution in [-0.4, -0.2) is 9.55 Å². The van der Waals surface area contributed by atoms with E-state index in [1.807, 2.05) is 42.9 Å². The lowest BCUT2D eigenvalue weighted by molar-refractivity contribution is 0.713. The number of benzene rings is 1. The Bertz CT molecular complexity index is 505. The lowest BCUT2D eigenvalue weighted by Gasteiger charge is -2.15. The zero-order valence-electron chi connectivity index (χ0n) is 9.31. The predicted molar refractivity (Wildman–Crippen MR) is 65.4 cm³/mol. The van der Waals surface area contributed by atoms with E-state index in [0.717, 1.165) is 22.0 Å². The molecule has 1 heterocycles. The molecule has 0 saturated heterocycles. The van der Waals surface area contributed by atoms with E-state index in [0.29, 0.717) is 0 Å². The maximum Gasteiger partial charge on any atom is 0.129 e. The second kappa shape index (κ2) is 4.28. The van der Waals surface area contributed by atoms with Gasteiger partial charge in [-0.2, -0.15) is 0 Å². The summed E-state index contributed by atoms with van der Waals surface area (Å²) in [4.78, 5) is 4.26. The Hall–Kier alpha value is -1.32. The molecule has 0 amide bonds. The molecule has 2 rings (SSSR count). The van der Waals surface area contributed by atoms with Crippen LogP contribution in [-0.2, 0) is 7.05 Å². The summed E-state index contributed by atoms with van der Waals surface area (Å²) in [5.74, 6) is 0.838. The van der Waals surface area contributed by atoms with Gasteiger partial charge in [-0.15, -0.1) is 0 Å². The number of hydrogen-bond acceptors (Lipinski definition) is 2. The number of nitrogens with two attached hydrogens (primary N) is 1. The highest BCUT2D eigenvalue weighted by molar-refractivity contribution is 6.31. The van der Waals surface area contributed by atoms with Crippen LogP contribution in [0.4, 0.5) is 0 Å². The molecule has 0 saturated carbocycles. The lowest BCUT2D eigenvalue weighted by Crippen LogP contribution is -2.17. The number of imidazole rings is 1. The van der Waals surface area contributed by atoms with Gasteiger partial charge in [0.2, 0.25) is 0 Å². The van der Waals surface area contributed by atoms with Crippen molar-refractivity contribution in [1.82, 2.24) is 9.55 Å². The first-order valence-electron chi connectivity index (χ1n) is 5.09. The van der Waals surface area contributed by atoms with Crippen molar-refractivity contribution < 1.29 is 0 Å². The highest BCUT2D eigenvalue weighted by atomic mass is 35.5. The van der Waals surface area contributed by atoms with Crippen LogP contribution < -0.4 is 5.73 Å². The Morgan fingerprint density at radius 3 is 2.81 bits per heavy atom. The third-order valence-corrected chi connectivity index (χ3v) is 3.19. The van der Waals surface area contributed by atoms with Gasteiger partial charge in [0.1, 0.15) is 5.82 Å². The molecule has 1 aromatic heterocycles. The van der Waals surface area contributed by atoms with Crippen molar-refractivity contribution in [3.63, 3.8) is 0 Å². The van der Waals surface area contributed by atoms with Crippen LogP contribution in [0.2, 0.25) is 5.02 Å². The van der Waals surface area contributed by atoms with Crippen molar-refractivity contribution in [1.29, 1.82) is 0 Å². The molecule has 1 unspecified atom stereocenters. The number of nitrogens with zero attached hydrogens (tertiary/aromatic N) is 2. The minimum atomic E-state index is -0.237. The summed E-state index contributed by atoms with van der Waals surface area (Å²) in [7, 11) is 1.93. The van der Waals surface area contributed by atoms with Crippen molar-refractivity contribution in [2.24, 2.45) is 12.8 Å². The summed E-state index contributed by atoms with van der Waals surface area (Å²) in [6.07, 6.45) is 3.63. The fraction of sp³-hybridized carbons (Fsp3) is 0.250. The van der Waals surface area contributed by atoms with Crippen molar-refractivity contribution in [3.05, 3.63) is 52.6 Å². The maximum absolute atomic E-state index is 6.19. The first-order valence-corrected chi connectivity index (χ1v) is 5.47. The summed E-state index contributed by atoms with van der Waals surface area (Å²) >= 11 is 6.08. The second-order valence-corrected chi connectivity index (χ2v) is 4.24. The molecule has 84 valence electrons. The van der Waals surface area contributed by atoms with Crippen molar-refractivity contribution in [2.75, 3.05) is 0 Å². The van der Waals surface area contributed by atoms with Gasteiger partial charge in [-0.3, -0.25) is 0 Å². The monoisotopic (exact) mass is 235 g/mol. The standard InChI is InChI=1S/C12H14ClN3/c1-8-9(4-3-5-10(8)13)11(14)12-15-6-7-16(12)2/h3-7,11H,14H2,1-2H3. The molecule has 16 heavy (non-hydrogen) atoms. The van der Waals surface area contributed by atoms with Crippen LogP contribution in [0.25, 0.3) is 0 Å². The highest BCUT2D eigenvalue weighted by Gasteiger charge is 2.16. The molecule has 1 atom stereocenters. The average Bonchev–Trinajstić information content (AvgIpc) is 2.68. The van der Waals surface area contributed by atoms with E-state index in [-0.39, 0.29) is 6.04 Å². The Kier molecular flexibility index (Phi) is 2.99. The summed E-state index contributed by atoms with van der Waals surface area (Å²) in [5, 5.41) is 0.738. The summed E-state index contributed by atoms with van der Waals surface area (Å²) in [6.45, 7) is 1.97. The van der Waals surface area contributed by atoms with E-state index in [1.165, 1.54) is 0 Å². The SMILES string of the molecule is Cc1c(Cl)cccc1C(N)c1nccn1C. The Morgan fingerprint density at radius 1 is 1.44 bits per heavy atom. The van der Waals surface area contributed by atoms with Crippen molar-refractivity contribution >= 4 is 11.6 Å². The molecule has 4 heteroatoms. The van der Waals surface area contributed by atoms with Gasteiger partial charge in [0, 0.05) is 24.5 Å². The first kappa shape index (κ1) is 11.2. The molecule has 2 aromatic rings. The van der Waals surface area contributed by atoms with E-state index in [9.17, 15) is 0 Å². The molecule has 0 aliphatic carbocycles. The van der Waals surface area contributed by atoms with E-state index >= 15 is 0 Å².